The van der Waals surface area contributed by atoms with E-state index >= 15 is 0 Å². The highest BCUT2D eigenvalue weighted by Crippen LogP contribution is 2.38. The minimum Gasteiger partial charge on any atom is -0.489 e. The first-order chi connectivity index (χ1) is 53.6. The Morgan fingerprint density at radius 2 is 0.814 bits per heavy atom. The molecule has 9 aliphatic heterocycles. The number of carbonyl (C=O) groups excluding carboxylic acids is 9. The minimum absolute atomic E-state index is 0.00581. The number of amides is 9. The molecule has 6 fully saturated rings. The molecule has 24 heteroatoms. The van der Waals surface area contributed by atoms with Crippen molar-refractivity contribution in [3.63, 3.8) is 0 Å². The fourth-order valence-electron chi connectivity index (χ4n) is 12.9. The SMILES string of the molecule is [2H]c1c([2H])c(OCc2ccc(CN3CCOCC3=O)cc2)c2c(c1[2H])C(=O)N(C1CCC(=C)NC1=O)C2.[2H]c1cc(OCc2ccc(CN3CCOCC3=O)cc2)c2c(c1[2H])C(=O)N(C1CCC(=C)NC1=O)C2([2H])[2H].[2H]c1cc([2H])c2c(c1OCc1ccc(CN3CCOCC3=O)cc1)C([2H])N(C1CCC(=C)NC1=O)C2=O. The van der Waals surface area contributed by atoms with E-state index < -0.39 is 72.8 Å². The topological polar surface area (TPSA) is 265 Å². The van der Waals surface area contributed by atoms with Gasteiger partial charge in [-0.2, -0.15) is 0 Å². The summed E-state index contributed by atoms with van der Waals surface area (Å²) in [7, 11) is 0. The van der Waals surface area contributed by atoms with Crippen LogP contribution in [-0.4, -0.2) is 160 Å². The number of nitrogens with zero attached hydrogens (tertiary/aromatic N) is 6. The molecule has 9 heterocycles. The lowest BCUT2D eigenvalue weighted by molar-refractivity contribution is -0.144. The molecule has 4 unspecified atom stereocenters. The summed E-state index contributed by atoms with van der Waals surface area (Å²) in [6.07, 6.45) is 2.36. The Kier molecular flexibility index (Phi) is 17.7. The number of hydrogen-bond acceptors (Lipinski definition) is 15. The molecular formula is C78H81N9O15. The van der Waals surface area contributed by atoms with Crippen LogP contribution in [0.3, 0.4) is 0 Å². The smallest absolute Gasteiger partial charge is 0.255 e. The van der Waals surface area contributed by atoms with Crippen molar-refractivity contribution in [1.29, 1.82) is 0 Å². The fraction of sp³-hybridized carbons (Fsp3) is 0.346. The summed E-state index contributed by atoms with van der Waals surface area (Å²) in [5, 5.41) is 7.89. The molecule has 0 saturated carbocycles. The van der Waals surface area contributed by atoms with Crippen LogP contribution >= 0.6 is 0 Å². The van der Waals surface area contributed by atoms with Gasteiger partial charge in [-0.15, -0.1) is 0 Å². The Morgan fingerprint density at radius 3 is 1.27 bits per heavy atom. The molecule has 0 aliphatic carbocycles. The third-order valence-corrected chi connectivity index (χ3v) is 18.5. The third-order valence-electron chi connectivity index (χ3n) is 18.5. The van der Waals surface area contributed by atoms with Crippen LogP contribution in [-0.2, 0) is 102 Å². The van der Waals surface area contributed by atoms with Crippen molar-refractivity contribution in [3.8, 4) is 17.2 Å². The molecule has 0 spiro atoms. The first-order valence-electron chi connectivity index (χ1n) is 38.6. The van der Waals surface area contributed by atoms with E-state index in [2.05, 4.69) is 35.7 Å². The van der Waals surface area contributed by atoms with Crippen molar-refractivity contribution in [1.82, 2.24) is 45.3 Å². The molecule has 9 amide bonds. The number of nitrogens with one attached hydrogen (secondary N) is 3. The number of benzene rings is 6. The lowest BCUT2D eigenvalue weighted by Gasteiger charge is -2.31. The van der Waals surface area contributed by atoms with E-state index in [9.17, 15) is 43.2 Å². The fourth-order valence-corrected chi connectivity index (χ4v) is 12.9. The van der Waals surface area contributed by atoms with E-state index in [-0.39, 0.29) is 152 Å². The Labute approximate surface area is 604 Å². The van der Waals surface area contributed by atoms with Crippen LogP contribution in [0.2, 0.25) is 0 Å². The van der Waals surface area contributed by atoms with Crippen molar-refractivity contribution in [2.75, 3.05) is 59.3 Å². The summed E-state index contributed by atoms with van der Waals surface area (Å²) in [6.45, 7) is 12.7. The maximum atomic E-state index is 13.4. The molecule has 15 rings (SSSR count). The molecule has 528 valence electrons. The van der Waals surface area contributed by atoms with E-state index in [1.54, 1.807) is 14.7 Å². The van der Waals surface area contributed by atoms with Gasteiger partial charge in [0.1, 0.15) is 75.0 Å². The molecule has 24 nitrogen and oxygen atoms in total. The molecule has 6 aromatic rings. The van der Waals surface area contributed by atoms with Gasteiger partial charge in [-0.25, -0.2) is 0 Å². The quantitative estimate of drug-likeness (QED) is 0.0774. The van der Waals surface area contributed by atoms with Crippen molar-refractivity contribution in [2.45, 2.75) is 116 Å². The second kappa shape index (κ2) is 31.3. The first-order valence-corrected chi connectivity index (χ1v) is 33.5. The van der Waals surface area contributed by atoms with Crippen LogP contribution < -0.4 is 30.2 Å². The molecule has 6 aromatic carbocycles. The zero-order valence-corrected chi connectivity index (χ0v) is 55.9. The summed E-state index contributed by atoms with van der Waals surface area (Å²) in [6, 6.07) is 20.3. The van der Waals surface area contributed by atoms with Gasteiger partial charge in [0.2, 0.25) is 35.4 Å². The van der Waals surface area contributed by atoms with Crippen molar-refractivity contribution < 1.29 is 85.3 Å². The number of hydrogen-bond donors (Lipinski definition) is 3. The van der Waals surface area contributed by atoms with Gasteiger partial charge < -0.3 is 73.8 Å². The molecule has 0 bridgehead atoms. The van der Waals surface area contributed by atoms with Crippen molar-refractivity contribution in [3.05, 3.63) is 231 Å². The van der Waals surface area contributed by atoms with Gasteiger partial charge in [0.05, 0.1) is 53.1 Å². The summed E-state index contributed by atoms with van der Waals surface area (Å²) < 4.78 is 118. The number of piperidine rings is 3. The Hall–Kier alpha value is -11.0. The number of morpholine rings is 3. The van der Waals surface area contributed by atoms with E-state index in [4.69, 9.17) is 42.1 Å². The average molecular weight is 1390 g/mol. The number of fused-ring (bicyclic) bond motifs is 3. The maximum absolute atomic E-state index is 13.4. The summed E-state index contributed by atoms with van der Waals surface area (Å²) in [4.78, 5) is 122. The van der Waals surface area contributed by atoms with Crippen LogP contribution in [0.15, 0.2) is 164 Å². The molecule has 3 N–H and O–H groups in total. The highest BCUT2D eigenvalue weighted by molar-refractivity contribution is 6.04. The standard InChI is InChI=1S/3C26H27N3O5/c3*1-17-5-10-22(25(31)27-17)29-14-21-20(26(29)32)3-2-4-23(21)34-15-19-8-6-18(7-9-19)13-28-11-12-33-16-24(28)30/h3*2-4,6-9,22H,1,5,10-16H2,(H,27,31)/i3D,4D,14D;2D,3D,14D2;2D,3D,4D. The van der Waals surface area contributed by atoms with Crippen LogP contribution in [0, 0.1) is 0 Å². The van der Waals surface area contributed by atoms with Crippen molar-refractivity contribution in [2.24, 2.45) is 0 Å². The zero-order valence-electron chi connectivity index (χ0n) is 65.9. The highest BCUT2D eigenvalue weighted by Gasteiger charge is 2.43. The Balaban J connectivity index is 0.000000147. The van der Waals surface area contributed by atoms with Gasteiger partial charge in [-0.05, 0) is 108 Å². The number of ether oxygens (including phenoxy) is 6. The molecular weight excluding hydrogens is 1300 g/mol. The predicted molar refractivity (Wildman–Crippen MR) is 371 cm³/mol. The molecule has 4 atom stereocenters. The number of carbonyl (C=O) groups is 9. The lowest BCUT2D eigenvalue weighted by Crippen LogP contribution is -2.49. The average Bonchev–Trinajstić information content (AvgIpc) is 1.56. The van der Waals surface area contributed by atoms with Gasteiger partial charge >= 0.3 is 0 Å². The second-order valence-corrected chi connectivity index (χ2v) is 25.6. The monoisotopic (exact) mass is 1390 g/mol. The minimum atomic E-state index is -2.43. The van der Waals surface area contributed by atoms with Gasteiger partial charge in [0.25, 0.3) is 17.7 Å². The molecule has 6 saturated heterocycles. The lowest BCUT2D eigenvalue weighted by atomic mass is 10.0. The largest absolute Gasteiger partial charge is 0.489 e. The second-order valence-electron chi connectivity index (χ2n) is 25.6. The predicted octanol–water partition coefficient (Wildman–Crippen LogP) is 7.12. The Morgan fingerprint density at radius 1 is 0.431 bits per heavy atom. The third kappa shape index (κ3) is 15.9. The molecule has 0 aromatic heterocycles. The Bertz CT molecular complexity index is 4860. The van der Waals surface area contributed by atoms with Crippen LogP contribution in [0.5, 0.6) is 17.2 Å². The first kappa shape index (κ1) is 57.8. The van der Waals surface area contributed by atoms with Gasteiger partial charge in [-0.1, -0.05) is 111 Å². The van der Waals surface area contributed by atoms with Crippen LogP contribution in [0.25, 0.3) is 0 Å². The number of rotatable bonds is 18. The van der Waals surface area contributed by atoms with E-state index in [1.165, 1.54) is 21.9 Å². The van der Waals surface area contributed by atoms with Gasteiger partial charge in [0, 0.05) is 89.7 Å². The normalized spacial score (nSPS) is 23.0. The molecule has 0 radical (unpaired) electrons. The molecule has 102 heavy (non-hydrogen) atoms. The highest BCUT2D eigenvalue weighted by atomic mass is 16.5. The van der Waals surface area contributed by atoms with E-state index in [0.29, 0.717) is 114 Å². The van der Waals surface area contributed by atoms with Gasteiger partial charge in [-0.3, -0.25) is 43.2 Å². The van der Waals surface area contributed by atoms with Crippen LogP contribution in [0.1, 0.15) is 133 Å². The summed E-state index contributed by atoms with van der Waals surface area (Å²) >= 11 is 0. The van der Waals surface area contributed by atoms with Crippen LogP contribution in [0.4, 0.5) is 0 Å². The summed E-state index contributed by atoms with van der Waals surface area (Å²) in [5.41, 5.74) is 6.96. The van der Waals surface area contributed by atoms with E-state index in [0.717, 1.165) is 38.3 Å². The van der Waals surface area contributed by atoms with E-state index in [1.807, 2.05) is 72.8 Å². The maximum Gasteiger partial charge on any atom is 0.255 e. The van der Waals surface area contributed by atoms with Crippen molar-refractivity contribution >= 4 is 53.2 Å². The van der Waals surface area contributed by atoms with Gasteiger partial charge in [0.15, 0.2) is 0 Å². The number of allylic oxidation sites excluding steroid dienone is 3. The summed E-state index contributed by atoms with van der Waals surface area (Å²) in [5.74, 6) is -3.21. The zero-order chi connectivity index (χ0) is 79.7. The molecule has 9 aliphatic rings.